The Balaban J connectivity index is 2.06. The van der Waals surface area contributed by atoms with Crippen LogP contribution in [0.15, 0.2) is 30.3 Å². The molecule has 6 nitrogen and oxygen atoms in total. The fourth-order valence-electron chi connectivity index (χ4n) is 2.39. The minimum Gasteiger partial charge on any atom is -0.394 e. The van der Waals surface area contributed by atoms with Gasteiger partial charge in [0.2, 0.25) is 0 Å². The number of ether oxygens (including phenoxy) is 3. The molecule has 6 heteroatoms. The number of rotatable bonds is 6. The van der Waals surface area contributed by atoms with Gasteiger partial charge in [-0.2, -0.15) is 0 Å². The summed E-state index contributed by atoms with van der Waals surface area (Å²) in [5.74, 6) is 0. The second-order valence-corrected chi connectivity index (χ2v) is 4.92. The highest BCUT2D eigenvalue weighted by molar-refractivity contribution is 5.13. The van der Waals surface area contributed by atoms with Gasteiger partial charge in [-0.3, -0.25) is 0 Å². The van der Waals surface area contributed by atoms with E-state index in [1.165, 1.54) is 0 Å². The molecule has 3 N–H and O–H groups in total. The predicted octanol–water partition coefficient (Wildman–Crippen LogP) is 0.0473. The van der Waals surface area contributed by atoms with E-state index in [0.717, 1.165) is 5.56 Å². The second-order valence-electron chi connectivity index (χ2n) is 4.92. The van der Waals surface area contributed by atoms with Gasteiger partial charge in [-0.25, -0.2) is 0 Å². The summed E-state index contributed by atoms with van der Waals surface area (Å²) in [4.78, 5) is 0. The van der Waals surface area contributed by atoms with Crippen molar-refractivity contribution in [1.29, 1.82) is 0 Å². The summed E-state index contributed by atoms with van der Waals surface area (Å²) in [6.07, 6.45) is -4.77. The van der Waals surface area contributed by atoms with Crippen LogP contribution in [0.4, 0.5) is 0 Å². The minimum absolute atomic E-state index is 0.275. The lowest BCUT2D eigenvalue weighted by Gasteiger charge is -2.41. The van der Waals surface area contributed by atoms with Crippen molar-refractivity contribution in [3.8, 4) is 0 Å². The molecule has 0 aliphatic carbocycles. The third-order valence-corrected chi connectivity index (χ3v) is 3.46. The van der Waals surface area contributed by atoms with Gasteiger partial charge >= 0.3 is 0 Å². The molecule has 1 aromatic rings. The van der Waals surface area contributed by atoms with Gasteiger partial charge in [0, 0.05) is 6.61 Å². The van der Waals surface area contributed by atoms with Gasteiger partial charge in [-0.05, 0) is 12.5 Å². The van der Waals surface area contributed by atoms with Crippen molar-refractivity contribution >= 4 is 0 Å². The number of hydrogen-bond donors (Lipinski definition) is 3. The smallest absolute Gasteiger partial charge is 0.184 e. The standard InChI is InChI=1S/C15H22O6/c1-2-19-14-13(12(17)11(8-16)21-15(14)18)20-9-10-6-4-3-5-7-10/h3-7,11-18H,2,8-9H2,1H3/t11-,12-,13+,14-,15+/m1/s1. The van der Waals surface area contributed by atoms with Gasteiger partial charge in [0.25, 0.3) is 0 Å². The van der Waals surface area contributed by atoms with Crippen LogP contribution in [0.5, 0.6) is 0 Å². The predicted molar refractivity (Wildman–Crippen MR) is 74.4 cm³/mol. The summed E-state index contributed by atoms with van der Waals surface area (Å²) >= 11 is 0. The van der Waals surface area contributed by atoms with Crippen LogP contribution in [0.3, 0.4) is 0 Å². The van der Waals surface area contributed by atoms with Gasteiger partial charge in [-0.15, -0.1) is 0 Å². The molecular formula is C15H22O6. The molecule has 21 heavy (non-hydrogen) atoms. The summed E-state index contributed by atoms with van der Waals surface area (Å²) in [6.45, 7) is 2.01. The van der Waals surface area contributed by atoms with Crippen molar-refractivity contribution in [3.63, 3.8) is 0 Å². The van der Waals surface area contributed by atoms with E-state index in [1.807, 2.05) is 30.3 Å². The highest BCUT2D eigenvalue weighted by atomic mass is 16.7. The molecule has 1 fully saturated rings. The maximum atomic E-state index is 10.2. The molecule has 1 aromatic carbocycles. The molecule has 1 saturated heterocycles. The summed E-state index contributed by atoms with van der Waals surface area (Å²) < 4.78 is 16.3. The average Bonchev–Trinajstić information content (AvgIpc) is 2.51. The molecule has 0 amide bonds. The van der Waals surface area contributed by atoms with Crippen LogP contribution in [0.2, 0.25) is 0 Å². The fraction of sp³-hybridized carbons (Fsp3) is 0.600. The Bertz CT molecular complexity index is 412. The lowest BCUT2D eigenvalue weighted by molar-refractivity contribution is -0.304. The van der Waals surface area contributed by atoms with E-state index in [0.29, 0.717) is 6.61 Å². The van der Waals surface area contributed by atoms with E-state index in [9.17, 15) is 15.3 Å². The van der Waals surface area contributed by atoms with Crippen LogP contribution < -0.4 is 0 Å². The molecule has 0 aromatic heterocycles. The monoisotopic (exact) mass is 298 g/mol. The highest BCUT2D eigenvalue weighted by Crippen LogP contribution is 2.25. The molecule has 0 bridgehead atoms. The number of aliphatic hydroxyl groups is 3. The third kappa shape index (κ3) is 4.00. The van der Waals surface area contributed by atoms with Crippen LogP contribution in [-0.4, -0.2) is 59.2 Å². The van der Waals surface area contributed by atoms with E-state index >= 15 is 0 Å². The zero-order valence-corrected chi connectivity index (χ0v) is 12.0. The maximum Gasteiger partial charge on any atom is 0.184 e. The van der Waals surface area contributed by atoms with E-state index in [1.54, 1.807) is 6.92 Å². The van der Waals surface area contributed by atoms with Gasteiger partial charge < -0.3 is 29.5 Å². The highest BCUT2D eigenvalue weighted by Gasteiger charge is 2.45. The molecule has 1 heterocycles. The number of hydrogen-bond acceptors (Lipinski definition) is 6. The molecule has 0 spiro atoms. The molecule has 118 valence electrons. The largest absolute Gasteiger partial charge is 0.394 e. The van der Waals surface area contributed by atoms with Crippen molar-refractivity contribution < 1.29 is 29.5 Å². The zero-order chi connectivity index (χ0) is 15.2. The first-order valence-electron chi connectivity index (χ1n) is 7.07. The molecule has 5 atom stereocenters. The van der Waals surface area contributed by atoms with Crippen LogP contribution >= 0.6 is 0 Å². The molecule has 0 radical (unpaired) electrons. The van der Waals surface area contributed by atoms with Gasteiger partial charge in [0.15, 0.2) is 6.29 Å². The van der Waals surface area contributed by atoms with E-state index < -0.39 is 37.3 Å². The Kier molecular flexibility index (Phi) is 6.10. The minimum atomic E-state index is -1.24. The summed E-state index contributed by atoms with van der Waals surface area (Å²) in [5.41, 5.74) is 0.946. The number of aliphatic hydroxyl groups excluding tert-OH is 3. The van der Waals surface area contributed by atoms with Crippen molar-refractivity contribution in [2.24, 2.45) is 0 Å². The van der Waals surface area contributed by atoms with Gasteiger partial charge in [0.1, 0.15) is 24.4 Å². The van der Waals surface area contributed by atoms with Gasteiger partial charge in [0.05, 0.1) is 13.2 Å². The normalized spacial score (nSPS) is 33.0. The van der Waals surface area contributed by atoms with Crippen LogP contribution in [0, 0.1) is 0 Å². The Morgan fingerprint density at radius 1 is 1.10 bits per heavy atom. The molecule has 1 aliphatic rings. The second kappa shape index (κ2) is 7.84. The lowest BCUT2D eigenvalue weighted by atomic mass is 9.98. The topological polar surface area (TPSA) is 88.4 Å². The first-order valence-corrected chi connectivity index (χ1v) is 7.07. The lowest BCUT2D eigenvalue weighted by Crippen LogP contribution is -2.60. The summed E-state index contributed by atoms with van der Waals surface area (Å²) in [5, 5.41) is 29.4. The molecule has 0 unspecified atom stereocenters. The molecule has 1 aliphatic heterocycles. The fourth-order valence-corrected chi connectivity index (χ4v) is 2.39. The summed E-state index contributed by atoms with van der Waals surface area (Å²) in [6, 6.07) is 9.50. The SMILES string of the molecule is CCO[C@@H]1[C@@H](OCc2ccccc2)[C@H](O)[C@@H](CO)O[C@@H]1O. The van der Waals surface area contributed by atoms with E-state index in [-0.39, 0.29) is 6.61 Å². The van der Waals surface area contributed by atoms with Crippen molar-refractivity contribution in [2.45, 2.75) is 44.2 Å². The Labute approximate surface area is 123 Å². The Hall–Kier alpha value is -1.02. The summed E-state index contributed by atoms with van der Waals surface area (Å²) in [7, 11) is 0. The van der Waals surface area contributed by atoms with Crippen LogP contribution in [0.25, 0.3) is 0 Å². The molecule has 2 rings (SSSR count). The molecular weight excluding hydrogens is 276 g/mol. The first-order chi connectivity index (χ1) is 10.2. The average molecular weight is 298 g/mol. The van der Waals surface area contributed by atoms with Crippen molar-refractivity contribution in [2.75, 3.05) is 13.2 Å². The van der Waals surface area contributed by atoms with Crippen molar-refractivity contribution in [3.05, 3.63) is 35.9 Å². The Morgan fingerprint density at radius 3 is 2.43 bits per heavy atom. The van der Waals surface area contributed by atoms with Crippen LogP contribution in [-0.2, 0) is 20.8 Å². The number of benzene rings is 1. The zero-order valence-electron chi connectivity index (χ0n) is 12.0. The molecule has 0 saturated carbocycles. The Morgan fingerprint density at radius 2 is 1.81 bits per heavy atom. The first kappa shape index (κ1) is 16.4. The maximum absolute atomic E-state index is 10.2. The quantitative estimate of drug-likeness (QED) is 0.687. The van der Waals surface area contributed by atoms with Gasteiger partial charge in [-0.1, -0.05) is 30.3 Å². The van der Waals surface area contributed by atoms with E-state index in [4.69, 9.17) is 14.2 Å². The van der Waals surface area contributed by atoms with E-state index in [2.05, 4.69) is 0 Å². The third-order valence-electron chi connectivity index (χ3n) is 3.46. The van der Waals surface area contributed by atoms with Crippen LogP contribution in [0.1, 0.15) is 12.5 Å². The van der Waals surface area contributed by atoms with Crippen molar-refractivity contribution in [1.82, 2.24) is 0 Å².